The van der Waals surface area contributed by atoms with Crippen LogP contribution in [0.4, 0.5) is 0 Å². The second-order valence-corrected chi connectivity index (χ2v) is 5.50. The van der Waals surface area contributed by atoms with E-state index in [1.54, 1.807) is 55.6 Å². The van der Waals surface area contributed by atoms with Crippen molar-refractivity contribution in [3.8, 4) is 11.5 Å². The second-order valence-electron chi connectivity index (χ2n) is 5.50. The monoisotopic (exact) mass is 339 g/mol. The number of methoxy groups -OCH3 is 2. The van der Waals surface area contributed by atoms with E-state index in [1.165, 1.54) is 7.11 Å². The smallest absolute Gasteiger partial charge is 0.293 e. The zero-order valence-electron chi connectivity index (χ0n) is 13.8. The van der Waals surface area contributed by atoms with Crippen molar-refractivity contribution in [2.24, 2.45) is 0 Å². The molecule has 1 atom stereocenters. The van der Waals surface area contributed by atoms with Gasteiger partial charge in [0.2, 0.25) is 0 Å². The van der Waals surface area contributed by atoms with Gasteiger partial charge in [0, 0.05) is 5.56 Å². The zero-order chi connectivity index (χ0) is 18.0. The fraction of sp³-hybridized carbons (Fsp3) is 0.158. The van der Waals surface area contributed by atoms with Crippen LogP contribution in [-0.4, -0.2) is 31.0 Å². The predicted octanol–water partition coefficient (Wildman–Crippen LogP) is 2.41. The Bertz CT molecular complexity index is 837. The molecule has 3 rings (SSSR count). The average molecular weight is 339 g/mol. The molecule has 0 aromatic heterocycles. The summed E-state index contributed by atoms with van der Waals surface area (Å²) in [6, 6.07) is 12.8. The lowest BCUT2D eigenvalue weighted by Crippen LogP contribution is -2.21. The highest BCUT2D eigenvalue weighted by molar-refractivity contribution is 6.46. The molecule has 1 heterocycles. The van der Waals surface area contributed by atoms with Crippen molar-refractivity contribution in [3.05, 3.63) is 65.2 Å². The van der Waals surface area contributed by atoms with Crippen molar-refractivity contribution in [2.45, 2.75) is 6.04 Å². The molecule has 0 saturated carbocycles. The summed E-state index contributed by atoms with van der Waals surface area (Å²) in [4.78, 5) is 24.1. The first-order valence-electron chi connectivity index (χ1n) is 7.62. The van der Waals surface area contributed by atoms with Gasteiger partial charge in [-0.2, -0.15) is 0 Å². The minimum Gasteiger partial charge on any atom is -0.507 e. The summed E-state index contributed by atoms with van der Waals surface area (Å²) in [6.07, 6.45) is 0. The summed E-state index contributed by atoms with van der Waals surface area (Å²) in [5, 5.41) is 13.2. The van der Waals surface area contributed by atoms with E-state index in [-0.39, 0.29) is 11.3 Å². The predicted molar refractivity (Wildman–Crippen MR) is 91.4 cm³/mol. The Kier molecular flexibility index (Phi) is 4.43. The molecular formula is C19H17NO5. The molecule has 1 amide bonds. The topological polar surface area (TPSA) is 84.9 Å². The summed E-state index contributed by atoms with van der Waals surface area (Å²) in [6.45, 7) is 0. The van der Waals surface area contributed by atoms with Crippen LogP contribution in [0.5, 0.6) is 11.5 Å². The number of benzene rings is 2. The summed E-state index contributed by atoms with van der Waals surface area (Å²) in [5.41, 5.74) is 1.13. The highest BCUT2D eigenvalue weighted by Gasteiger charge is 2.39. The molecule has 1 aliphatic rings. The van der Waals surface area contributed by atoms with Gasteiger partial charge < -0.3 is 19.9 Å². The number of aliphatic hydroxyl groups is 1. The zero-order valence-corrected chi connectivity index (χ0v) is 13.8. The molecule has 2 N–H and O–H groups in total. The van der Waals surface area contributed by atoms with Gasteiger partial charge in [-0.3, -0.25) is 9.59 Å². The van der Waals surface area contributed by atoms with Crippen LogP contribution in [-0.2, 0) is 9.59 Å². The van der Waals surface area contributed by atoms with Gasteiger partial charge >= 0.3 is 0 Å². The number of rotatable bonds is 4. The van der Waals surface area contributed by atoms with Gasteiger partial charge in [0.25, 0.3) is 11.7 Å². The minimum atomic E-state index is -0.742. The van der Waals surface area contributed by atoms with Gasteiger partial charge in [-0.15, -0.1) is 0 Å². The largest absolute Gasteiger partial charge is 0.507 e. The first-order valence-corrected chi connectivity index (χ1v) is 7.62. The molecule has 0 bridgehead atoms. The summed E-state index contributed by atoms with van der Waals surface area (Å²) in [5.74, 6) is -0.429. The molecule has 25 heavy (non-hydrogen) atoms. The van der Waals surface area contributed by atoms with Gasteiger partial charge in [-0.25, -0.2) is 0 Å². The van der Waals surface area contributed by atoms with Crippen LogP contribution in [0.15, 0.2) is 54.1 Å². The Morgan fingerprint density at radius 2 is 1.44 bits per heavy atom. The highest BCUT2D eigenvalue weighted by atomic mass is 16.5. The fourth-order valence-corrected chi connectivity index (χ4v) is 2.72. The molecule has 2 aromatic carbocycles. The van der Waals surface area contributed by atoms with Crippen LogP contribution < -0.4 is 14.8 Å². The summed E-state index contributed by atoms with van der Waals surface area (Å²) >= 11 is 0. The van der Waals surface area contributed by atoms with E-state index in [0.29, 0.717) is 22.6 Å². The van der Waals surface area contributed by atoms with Crippen molar-refractivity contribution in [1.82, 2.24) is 5.32 Å². The van der Waals surface area contributed by atoms with E-state index in [0.717, 1.165) is 0 Å². The van der Waals surface area contributed by atoms with Crippen molar-refractivity contribution in [2.75, 3.05) is 14.2 Å². The fourth-order valence-electron chi connectivity index (χ4n) is 2.72. The summed E-state index contributed by atoms with van der Waals surface area (Å²) in [7, 11) is 3.09. The van der Waals surface area contributed by atoms with Crippen LogP contribution in [0.25, 0.3) is 5.76 Å². The number of hydrogen-bond acceptors (Lipinski definition) is 5. The highest BCUT2D eigenvalue weighted by Crippen LogP contribution is 2.33. The Balaban J connectivity index is 2.04. The third-order valence-electron chi connectivity index (χ3n) is 4.08. The standard InChI is InChI=1S/C19H17NO5/c1-24-13-7-3-11(4-8-13)16-15(18(22)19(23)20-16)17(21)12-5-9-14(25-2)10-6-12/h3-10,16,21H,1-2H3,(H,20,23)/b17-15+. The van der Waals surface area contributed by atoms with Gasteiger partial charge in [0.05, 0.1) is 25.8 Å². The van der Waals surface area contributed by atoms with Crippen LogP contribution >= 0.6 is 0 Å². The first-order chi connectivity index (χ1) is 12.0. The number of hydrogen-bond donors (Lipinski definition) is 2. The number of nitrogens with one attached hydrogen (secondary N) is 1. The third kappa shape index (κ3) is 3.06. The molecule has 1 unspecified atom stereocenters. The van der Waals surface area contributed by atoms with Gasteiger partial charge in [0.15, 0.2) is 0 Å². The molecule has 128 valence electrons. The van der Waals surface area contributed by atoms with E-state index in [9.17, 15) is 14.7 Å². The Labute approximate surface area is 144 Å². The van der Waals surface area contributed by atoms with E-state index in [4.69, 9.17) is 9.47 Å². The lowest BCUT2D eigenvalue weighted by Gasteiger charge is -2.14. The first kappa shape index (κ1) is 16.6. The maximum Gasteiger partial charge on any atom is 0.293 e. The average Bonchev–Trinajstić information content (AvgIpc) is 2.96. The van der Waals surface area contributed by atoms with Crippen LogP contribution in [0.3, 0.4) is 0 Å². The Morgan fingerprint density at radius 1 is 0.920 bits per heavy atom. The quantitative estimate of drug-likeness (QED) is 0.508. The molecule has 0 spiro atoms. The normalized spacial score (nSPS) is 18.7. The molecule has 6 nitrogen and oxygen atoms in total. The lowest BCUT2D eigenvalue weighted by molar-refractivity contribution is -0.133. The Hall–Kier alpha value is -3.28. The number of ketones is 1. The third-order valence-corrected chi connectivity index (χ3v) is 4.08. The van der Waals surface area contributed by atoms with E-state index in [2.05, 4.69) is 5.32 Å². The number of aliphatic hydroxyl groups excluding tert-OH is 1. The number of amides is 1. The van der Waals surface area contributed by atoms with Crippen LogP contribution in [0.2, 0.25) is 0 Å². The van der Waals surface area contributed by atoms with Gasteiger partial charge in [-0.05, 0) is 42.0 Å². The second kappa shape index (κ2) is 6.68. The Morgan fingerprint density at radius 3 is 1.96 bits per heavy atom. The molecule has 0 radical (unpaired) electrons. The van der Waals surface area contributed by atoms with E-state index in [1.807, 2.05) is 0 Å². The van der Waals surface area contributed by atoms with Crippen molar-refractivity contribution in [3.63, 3.8) is 0 Å². The van der Waals surface area contributed by atoms with Crippen molar-refractivity contribution in [1.29, 1.82) is 0 Å². The minimum absolute atomic E-state index is 0.0281. The molecule has 0 aliphatic carbocycles. The maximum atomic E-state index is 12.3. The molecule has 2 aromatic rings. The molecular weight excluding hydrogens is 322 g/mol. The number of ether oxygens (including phenoxy) is 2. The van der Waals surface area contributed by atoms with Gasteiger partial charge in [-0.1, -0.05) is 12.1 Å². The number of carbonyl (C=O) groups is 2. The van der Waals surface area contributed by atoms with Crippen molar-refractivity contribution >= 4 is 17.4 Å². The van der Waals surface area contributed by atoms with Gasteiger partial charge in [0.1, 0.15) is 17.3 Å². The molecule has 6 heteroatoms. The molecule has 1 aliphatic heterocycles. The van der Waals surface area contributed by atoms with Crippen molar-refractivity contribution < 1.29 is 24.2 Å². The maximum absolute atomic E-state index is 12.3. The SMILES string of the molecule is COc1ccc(/C(O)=C2\C(=O)C(=O)NC2c2ccc(OC)cc2)cc1. The van der Waals surface area contributed by atoms with E-state index < -0.39 is 17.7 Å². The molecule has 1 saturated heterocycles. The van der Waals surface area contributed by atoms with E-state index >= 15 is 0 Å². The van der Waals surface area contributed by atoms with Crippen LogP contribution in [0.1, 0.15) is 17.2 Å². The summed E-state index contributed by atoms with van der Waals surface area (Å²) < 4.78 is 10.2. The number of Topliss-reactive ketones (excluding diaryl/α,β-unsaturated/α-hetero) is 1. The number of carbonyl (C=O) groups excluding carboxylic acids is 2. The molecule has 1 fully saturated rings. The lowest BCUT2D eigenvalue weighted by atomic mass is 9.96. The van der Waals surface area contributed by atoms with Crippen LogP contribution in [0, 0.1) is 0 Å².